The largest absolute Gasteiger partial charge is 0.506 e. The van der Waals surface area contributed by atoms with Crippen LogP contribution in [0.3, 0.4) is 0 Å². The van der Waals surface area contributed by atoms with Gasteiger partial charge in [0.25, 0.3) is 5.91 Å². The molecule has 0 spiro atoms. The molecule has 42 heavy (non-hydrogen) atoms. The number of benzene rings is 3. The van der Waals surface area contributed by atoms with Crippen molar-refractivity contribution in [2.75, 3.05) is 11.9 Å². The minimum atomic E-state index is -1.10. The maximum atomic E-state index is 14.6. The Morgan fingerprint density at radius 2 is 1.93 bits per heavy atom. The predicted molar refractivity (Wildman–Crippen MR) is 161 cm³/mol. The second kappa shape index (κ2) is 9.47. The molecular formula is C32H27ClFN4O4+. The van der Waals surface area contributed by atoms with Crippen molar-refractivity contribution in [2.24, 2.45) is 11.7 Å². The van der Waals surface area contributed by atoms with E-state index in [1.54, 1.807) is 51.1 Å². The van der Waals surface area contributed by atoms with Crippen LogP contribution in [0.2, 0.25) is 5.02 Å². The minimum absolute atomic E-state index is 0.00793. The highest BCUT2D eigenvalue weighted by atomic mass is 35.5. The summed E-state index contributed by atoms with van der Waals surface area (Å²) in [5, 5.41) is 12.2. The molecule has 6 rings (SSSR count). The number of urea groups is 1. The lowest BCUT2D eigenvalue weighted by atomic mass is 9.90. The number of aliphatic hydroxyl groups is 1. The fourth-order valence-corrected chi connectivity index (χ4v) is 6.18. The van der Waals surface area contributed by atoms with Gasteiger partial charge in [0.1, 0.15) is 11.6 Å². The van der Waals surface area contributed by atoms with Crippen LogP contribution in [0.15, 0.2) is 66.5 Å². The molecule has 1 atom stereocenters. The van der Waals surface area contributed by atoms with Gasteiger partial charge in [-0.05, 0) is 56.2 Å². The van der Waals surface area contributed by atoms with Gasteiger partial charge in [-0.1, -0.05) is 48.0 Å². The van der Waals surface area contributed by atoms with Crippen molar-refractivity contribution in [1.29, 1.82) is 0 Å². The van der Waals surface area contributed by atoms with Gasteiger partial charge in [0.05, 0.1) is 23.7 Å². The average molecular weight is 586 g/mol. The number of primary amides is 1. The SMILES string of the molecule is Cc1c(-c2c(Cl)cc(C(N)=O)c3[nH]c4cc(C(C)(C)O)ccc4c23)cccc1N1C(=O)C2C=CC=C(F)C2=[N+](C)C1=O. The minimum Gasteiger partial charge on any atom is -0.386 e. The Morgan fingerprint density at radius 1 is 1.19 bits per heavy atom. The standard InChI is InChI=1S/C32H26ClFN4O4/c1-15-17(7-6-10-24(15)38-30(40)19-8-5-9-22(34)28(19)37(4)31(38)41)25-21(33)14-20(29(35)39)27-26(25)18-12-11-16(32(2,3)42)13-23(18)36-27/h5-14,19,42H,1-4H3,(H2-,35,36,39)/p+1. The first-order valence-electron chi connectivity index (χ1n) is 13.2. The Bertz CT molecular complexity index is 2000. The lowest BCUT2D eigenvalue weighted by Crippen LogP contribution is -2.54. The van der Waals surface area contributed by atoms with Crippen LogP contribution in [0.5, 0.6) is 0 Å². The van der Waals surface area contributed by atoms with Crippen LogP contribution < -0.4 is 10.6 Å². The zero-order valence-corrected chi connectivity index (χ0v) is 24.0. The number of halogens is 2. The zero-order valence-electron chi connectivity index (χ0n) is 23.3. The summed E-state index contributed by atoms with van der Waals surface area (Å²) in [6.45, 7) is 5.13. The summed E-state index contributed by atoms with van der Waals surface area (Å²) in [4.78, 5) is 43.9. The van der Waals surface area contributed by atoms with Gasteiger partial charge in [-0.15, -0.1) is 4.90 Å². The van der Waals surface area contributed by atoms with Crippen LogP contribution in [0.4, 0.5) is 14.9 Å². The fourth-order valence-electron chi connectivity index (χ4n) is 5.88. The molecule has 0 radical (unpaired) electrons. The third-order valence-corrected chi connectivity index (χ3v) is 8.32. The molecule has 4 N–H and O–H groups in total. The molecule has 8 nitrogen and oxygen atoms in total. The number of hydrogen-bond donors (Lipinski definition) is 3. The molecular weight excluding hydrogens is 559 g/mol. The molecule has 212 valence electrons. The molecule has 1 unspecified atom stereocenters. The first-order valence-corrected chi connectivity index (χ1v) is 13.6. The van der Waals surface area contributed by atoms with Crippen LogP contribution in [0.1, 0.15) is 35.3 Å². The molecule has 4 amide bonds. The third-order valence-electron chi connectivity index (χ3n) is 8.03. The summed E-state index contributed by atoms with van der Waals surface area (Å²) in [5.74, 6) is -2.83. The summed E-state index contributed by atoms with van der Waals surface area (Å²) in [6, 6.07) is 11.4. The summed E-state index contributed by atoms with van der Waals surface area (Å²) >= 11 is 6.87. The van der Waals surface area contributed by atoms with Gasteiger partial charge in [-0.25, -0.2) is 9.18 Å². The van der Waals surface area contributed by atoms with Crippen molar-refractivity contribution >= 4 is 62.7 Å². The van der Waals surface area contributed by atoms with Crippen LogP contribution in [0, 0.1) is 12.8 Å². The maximum absolute atomic E-state index is 14.6. The molecule has 0 saturated heterocycles. The van der Waals surface area contributed by atoms with E-state index >= 15 is 0 Å². The topological polar surface area (TPSA) is 120 Å². The summed E-state index contributed by atoms with van der Waals surface area (Å²) < 4.78 is 15.8. The van der Waals surface area contributed by atoms with E-state index in [-0.39, 0.29) is 16.3 Å². The van der Waals surface area contributed by atoms with E-state index in [1.165, 1.54) is 25.3 Å². The first kappa shape index (κ1) is 27.6. The Balaban J connectivity index is 1.61. The molecule has 3 aromatic carbocycles. The highest BCUT2D eigenvalue weighted by molar-refractivity contribution is 6.38. The second-order valence-corrected chi connectivity index (χ2v) is 11.5. The van der Waals surface area contributed by atoms with E-state index in [0.717, 1.165) is 14.9 Å². The van der Waals surface area contributed by atoms with Crippen molar-refractivity contribution in [3.63, 3.8) is 0 Å². The van der Waals surface area contributed by atoms with Gasteiger partial charge in [0, 0.05) is 32.4 Å². The Hall–Kier alpha value is -4.60. The molecule has 0 saturated carbocycles. The third kappa shape index (κ3) is 4.00. The highest BCUT2D eigenvalue weighted by Gasteiger charge is 2.49. The number of amides is 4. The van der Waals surface area contributed by atoms with Crippen LogP contribution in [-0.4, -0.2) is 45.3 Å². The van der Waals surface area contributed by atoms with Crippen LogP contribution >= 0.6 is 11.6 Å². The van der Waals surface area contributed by atoms with Gasteiger partial charge in [0.2, 0.25) is 0 Å². The van der Waals surface area contributed by atoms with Gasteiger partial charge in [-0.2, -0.15) is 9.37 Å². The molecule has 1 aliphatic heterocycles. The Kier molecular flexibility index (Phi) is 6.22. The van der Waals surface area contributed by atoms with E-state index in [4.69, 9.17) is 17.3 Å². The van der Waals surface area contributed by atoms with Crippen molar-refractivity contribution in [3.05, 3.63) is 88.2 Å². The summed E-state index contributed by atoms with van der Waals surface area (Å²) in [7, 11) is 1.44. The molecule has 2 heterocycles. The van der Waals surface area contributed by atoms with Gasteiger partial charge in [0.15, 0.2) is 11.5 Å². The van der Waals surface area contributed by atoms with E-state index in [1.807, 2.05) is 12.1 Å². The number of rotatable bonds is 4. The smallest absolute Gasteiger partial charge is 0.386 e. The Morgan fingerprint density at radius 3 is 2.62 bits per heavy atom. The molecule has 10 heteroatoms. The number of nitrogens with one attached hydrogen (secondary N) is 1. The Labute approximate surface area is 245 Å². The van der Waals surface area contributed by atoms with Crippen molar-refractivity contribution in [3.8, 4) is 11.1 Å². The molecule has 1 aliphatic carbocycles. The number of allylic oxidation sites excluding steroid dienone is 3. The normalized spacial score (nSPS) is 17.4. The quantitative estimate of drug-likeness (QED) is 0.260. The van der Waals surface area contributed by atoms with Gasteiger partial charge in [-0.3, -0.25) is 4.79 Å². The molecule has 1 aromatic heterocycles. The first-order chi connectivity index (χ1) is 19.8. The number of carbonyl (C=O) groups is 3. The second-order valence-electron chi connectivity index (χ2n) is 11.1. The number of hydrogen-bond acceptors (Lipinski definition) is 4. The van der Waals surface area contributed by atoms with Crippen molar-refractivity contribution in [1.82, 2.24) is 4.98 Å². The molecule has 2 aliphatic rings. The predicted octanol–water partition coefficient (Wildman–Crippen LogP) is 5.87. The van der Waals surface area contributed by atoms with E-state index < -0.39 is 35.2 Å². The molecule has 4 aromatic rings. The van der Waals surface area contributed by atoms with Crippen molar-refractivity contribution in [2.45, 2.75) is 26.4 Å². The number of anilines is 1. The number of nitrogens with zero attached hydrogens (tertiary/aromatic N) is 2. The summed E-state index contributed by atoms with van der Waals surface area (Å²) in [5.41, 5.74) is 8.71. The number of imide groups is 1. The lowest BCUT2D eigenvalue weighted by molar-refractivity contribution is -0.395. The zero-order chi connectivity index (χ0) is 30.2. The number of carbonyl (C=O) groups excluding carboxylic acids is 3. The van der Waals surface area contributed by atoms with Gasteiger partial charge < -0.3 is 15.8 Å². The van der Waals surface area contributed by atoms with E-state index in [9.17, 15) is 23.9 Å². The number of fused-ring (bicyclic) bond motifs is 4. The lowest BCUT2D eigenvalue weighted by Gasteiger charge is -2.27. The van der Waals surface area contributed by atoms with E-state index in [2.05, 4.69) is 4.98 Å². The maximum Gasteiger partial charge on any atom is 0.506 e. The monoisotopic (exact) mass is 585 g/mol. The molecule has 0 fully saturated rings. The van der Waals surface area contributed by atoms with Crippen LogP contribution in [0.25, 0.3) is 32.9 Å². The van der Waals surface area contributed by atoms with Crippen molar-refractivity contribution < 1.29 is 28.5 Å². The molecule has 0 bridgehead atoms. The number of nitrogens with two attached hydrogens (primary N) is 1. The number of H-pyrrole nitrogens is 1. The average Bonchev–Trinajstić information content (AvgIpc) is 3.30. The number of aromatic amines is 1. The number of aromatic nitrogens is 1. The van der Waals surface area contributed by atoms with Gasteiger partial charge >= 0.3 is 11.9 Å². The van der Waals surface area contributed by atoms with E-state index in [0.29, 0.717) is 44.4 Å². The fraction of sp³-hybridized carbons (Fsp3) is 0.188. The van der Waals surface area contributed by atoms with Crippen LogP contribution in [-0.2, 0) is 10.4 Å². The highest BCUT2D eigenvalue weighted by Crippen LogP contribution is 2.44. The summed E-state index contributed by atoms with van der Waals surface area (Å²) in [6.07, 6.45) is 4.25.